The predicted molar refractivity (Wildman–Crippen MR) is 178 cm³/mol. The quantitative estimate of drug-likeness (QED) is 0.207. The topological polar surface area (TPSA) is 134 Å². The Morgan fingerprint density at radius 1 is 0.913 bits per heavy atom. The van der Waals surface area contributed by atoms with Crippen molar-refractivity contribution in [3.05, 3.63) is 69.7 Å². The Balaban J connectivity index is 1.92. The van der Waals surface area contributed by atoms with Crippen LogP contribution in [0.25, 0.3) is 0 Å². The smallest absolute Gasteiger partial charge is 0.425 e. The second-order valence-electron chi connectivity index (χ2n) is 13.2. The van der Waals surface area contributed by atoms with Crippen molar-refractivity contribution in [3.63, 3.8) is 0 Å². The lowest BCUT2D eigenvalue weighted by Crippen LogP contribution is -2.53. The Morgan fingerprint density at radius 2 is 1.48 bits per heavy atom. The molecule has 1 atom stereocenters. The monoisotopic (exact) mass is 698 g/mol. The molecule has 0 radical (unpaired) electrons. The number of benzene rings is 2. The van der Waals surface area contributed by atoms with Crippen molar-refractivity contribution in [2.75, 3.05) is 19.8 Å². The minimum atomic E-state index is -4.61. The van der Waals surface area contributed by atoms with Gasteiger partial charge in [0.05, 0.1) is 13.2 Å². The van der Waals surface area contributed by atoms with Crippen LogP contribution in [-0.2, 0) is 31.0 Å². The molecule has 1 aliphatic rings. The maximum Gasteiger partial charge on any atom is 0.425 e. The summed E-state index contributed by atoms with van der Waals surface area (Å²) in [6, 6.07) is 12.5. The van der Waals surface area contributed by atoms with E-state index in [0.29, 0.717) is 32.9 Å². The van der Waals surface area contributed by atoms with Gasteiger partial charge in [-0.25, -0.2) is 4.79 Å². The van der Waals surface area contributed by atoms with Crippen LogP contribution in [-0.4, -0.2) is 71.5 Å². The van der Waals surface area contributed by atoms with E-state index < -0.39 is 51.6 Å². The number of carbonyl (C=O) groups is 3. The first-order valence-electron chi connectivity index (χ1n) is 15.1. The number of hydrogen-bond donors (Lipinski definition) is 2. The zero-order valence-electron chi connectivity index (χ0n) is 27.2. The SMILES string of the molecule is CC(C)(C)OC(=O)N(Cc1ccc(Cl)cc1)S(=O)(=O)N(CCC[C@]1(C(=O)OC(C)(C)C)CCCN1)CNC(=O)c1ccc(Cl)cc1. The highest BCUT2D eigenvalue weighted by Gasteiger charge is 2.44. The average Bonchev–Trinajstić information content (AvgIpc) is 3.43. The fraction of sp³-hybridized carbons (Fsp3) is 0.531. The molecule has 0 aromatic heterocycles. The highest BCUT2D eigenvalue weighted by atomic mass is 35.5. The predicted octanol–water partition coefficient (Wildman–Crippen LogP) is 5.91. The Morgan fingerprint density at radius 3 is 2.00 bits per heavy atom. The molecule has 1 fully saturated rings. The van der Waals surface area contributed by atoms with E-state index >= 15 is 0 Å². The van der Waals surface area contributed by atoms with Crippen LogP contribution >= 0.6 is 23.2 Å². The van der Waals surface area contributed by atoms with E-state index in [1.807, 2.05) is 0 Å². The van der Waals surface area contributed by atoms with Gasteiger partial charge in [-0.15, -0.1) is 0 Å². The summed E-state index contributed by atoms with van der Waals surface area (Å²) in [5.74, 6) is -0.942. The van der Waals surface area contributed by atoms with E-state index in [9.17, 15) is 22.8 Å². The Kier molecular flexibility index (Phi) is 12.5. The lowest BCUT2D eigenvalue weighted by Gasteiger charge is -2.33. The van der Waals surface area contributed by atoms with Crippen molar-refractivity contribution >= 4 is 51.4 Å². The summed E-state index contributed by atoms with van der Waals surface area (Å²) < 4.78 is 41.4. The van der Waals surface area contributed by atoms with Gasteiger partial charge in [0.15, 0.2) is 0 Å². The van der Waals surface area contributed by atoms with Crippen LogP contribution in [0, 0.1) is 0 Å². The summed E-state index contributed by atoms with van der Waals surface area (Å²) in [6.07, 6.45) is 0.682. The minimum absolute atomic E-state index is 0.130. The zero-order chi connectivity index (χ0) is 34.3. The number of rotatable bonds is 12. The largest absolute Gasteiger partial charge is 0.459 e. The van der Waals surface area contributed by atoms with E-state index in [1.165, 1.54) is 12.1 Å². The van der Waals surface area contributed by atoms with Crippen molar-refractivity contribution in [2.45, 2.75) is 90.5 Å². The van der Waals surface area contributed by atoms with Gasteiger partial charge in [-0.1, -0.05) is 35.3 Å². The normalized spacial score (nSPS) is 17.1. The van der Waals surface area contributed by atoms with Gasteiger partial charge in [-0.2, -0.15) is 17.0 Å². The number of carbonyl (C=O) groups excluding carboxylic acids is 3. The van der Waals surface area contributed by atoms with Gasteiger partial charge in [-0.05, 0) is 116 Å². The Labute approximate surface area is 282 Å². The van der Waals surface area contributed by atoms with Crippen molar-refractivity contribution in [1.29, 1.82) is 0 Å². The third-order valence-electron chi connectivity index (χ3n) is 7.01. The highest BCUT2D eigenvalue weighted by Crippen LogP contribution is 2.29. The molecule has 1 aliphatic heterocycles. The van der Waals surface area contributed by atoms with Crippen LogP contribution < -0.4 is 10.6 Å². The number of halogens is 2. The van der Waals surface area contributed by atoms with E-state index in [1.54, 1.807) is 77.9 Å². The van der Waals surface area contributed by atoms with E-state index in [4.69, 9.17) is 32.7 Å². The van der Waals surface area contributed by atoms with E-state index in [-0.39, 0.29) is 31.5 Å². The third-order valence-corrected chi connectivity index (χ3v) is 9.31. The lowest BCUT2D eigenvalue weighted by atomic mass is 9.91. The van der Waals surface area contributed by atoms with Crippen LogP contribution in [0.15, 0.2) is 48.5 Å². The first kappa shape index (κ1) is 37.6. The third kappa shape index (κ3) is 10.8. The Bertz CT molecular complexity index is 1470. The van der Waals surface area contributed by atoms with E-state index in [2.05, 4.69) is 10.6 Å². The molecule has 0 saturated carbocycles. The van der Waals surface area contributed by atoms with Gasteiger partial charge in [-0.3, -0.25) is 9.59 Å². The molecule has 1 heterocycles. The highest BCUT2D eigenvalue weighted by molar-refractivity contribution is 7.87. The van der Waals surface area contributed by atoms with Gasteiger partial charge in [0, 0.05) is 22.2 Å². The zero-order valence-corrected chi connectivity index (χ0v) is 29.5. The molecule has 2 aromatic rings. The number of nitrogens with one attached hydrogen (secondary N) is 2. The van der Waals surface area contributed by atoms with Gasteiger partial charge >= 0.3 is 22.3 Å². The Hall–Kier alpha value is -2.90. The van der Waals surface area contributed by atoms with Gasteiger partial charge < -0.3 is 20.1 Å². The second kappa shape index (κ2) is 15.3. The molecule has 46 heavy (non-hydrogen) atoms. The summed E-state index contributed by atoms with van der Waals surface area (Å²) in [5, 5.41) is 6.79. The van der Waals surface area contributed by atoms with Crippen molar-refractivity contribution < 1.29 is 32.3 Å². The summed E-state index contributed by atoms with van der Waals surface area (Å²) >= 11 is 12.0. The van der Waals surface area contributed by atoms with Crippen LogP contribution in [0.2, 0.25) is 10.0 Å². The van der Waals surface area contributed by atoms with Crippen molar-refractivity contribution in [2.24, 2.45) is 0 Å². The fourth-order valence-corrected chi connectivity index (χ4v) is 6.47. The number of ether oxygens (including phenoxy) is 2. The first-order valence-corrected chi connectivity index (χ1v) is 17.2. The van der Waals surface area contributed by atoms with Crippen LogP contribution in [0.4, 0.5) is 4.79 Å². The standard InChI is InChI=1S/C32H44Cl2N4O7S/c1-30(2,3)44-28(40)32(17-7-19-36-32)18-8-20-37(22-35-27(39)24-11-15-26(34)16-12-24)46(42,43)38(29(41)45-31(4,5)6)21-23-9-13-25(33)14-10-23/h9-16,36H,7-8,17-22H2,1-6H3,(H,35,39)/t32-/m0/s1. The van der Waals surface area contributed by atoms with Crippen LogP contribution in [0.5, 0.6) is 0 Å². The first-order chi connectivity index (χ1) is 21.3. The van der Waals surface area contributed by atoms with Crippen molar-refractivity contribution in [1.82, 2.24) is 19.2 Å². The summed E-state index contributed by atoms with van der Waals surface area (Å²) in [6.45, 7) is 9.94. The summed E-state index contributed by atoms with van der Waals surface area (Å²) in [4.78, 5) is 39.7. The molecular weight excluding hydrogens is 655 g/mol. The molecule has 0 bridgehead atoms. The van der Waals surface area contributed by atoms with Crippen LogP contribution in [0.1, 0.15) is 83.1 Å². The molecule has 0 aliphatic carbocycles. The molecule has 0 spiro atoms. The number of nitrogens with zero attached hydrogens (tertiary/aromatic N) is 2. The van der Waals surface area contributed by atoms with Crippen LogP contribution in [0.3, 0.4) is 0 Å². The summed E-state index contributed by atoms with van der Waals surface area (Å²) in [5.41, 5.74) is -1.92. The van der Waals surface area contributed by atoms with E-state index in [0.717, 1.165) is 10.7 Å². The fourth-order valence-electron chi connectivity index (χ4n) is 4.82. The van der Waals surface area contributed by atoms with Gasteiger partial charge in [0.1, 0.15) is 16.7 Å². The molecule has 2 N–H and O–H groups in total. The lowest BCUT2D eigenvalue weighted by molar-refractivity contribution is -0.163. The molecule has 11 nitrogen and oxygen atoms in total. The minimum Gasteiger partial charge on any atom is -0.459 e. The number of esters is 1. The maximum atomic E-state index is 14.3. The molecule has 0 unspecified atom stereocenters. The second-order valence-corrected chi connectivity index (χ2v) is 15.9. The average molecular weight is 700 g/mol. The molecule has 14 heteroatoms. The molecule has 254 valence electrons. The molecule has 1 saturated heterocycles. The summed E-state index contributed by atoms with van der Waals surface area (Å²) in [7, 11) is -4.61. The number of hydrogen-bond acceptors (Lipinski definition) is 8. The molecule has 2 amide bonds. The number of amides is 2. The molecule has 3 rings (SSSR count). The van der Waals surface area contributed by atoms with Crippen molar-refractivity contribution in [3.8, 4) is 0 Å². The maximum absolute atomic E-state index is 14.3. The molecular formula is C32H44Cl2N4O7S. The van der Waals surface area contributed by atoms with Gasteiger partial charge in [0.2, 0.25) is 0 Å². The molecule has 2 aromatic carbocycles. The van der Waals surface area contributed by atoms with Gasteiger partial charge in [0.25, 0.3) is 5.91 Å².